The number of aromatic nitrogens is 4. The van der Waals surface area contributed by atoms with Crippen LogP contribution in [0.15, 0.2) is 28.9 Å². The summed E-state index contributed by atoms with van der Waals surface area (Å²) in [6.45, 7) is 0. The molecule has 3 rings (SSSR count). The van der Waals surface area contributed by atoms with E-state index in [1.807, 2.05) is 6.07 Å². The minimum atomic E-state index is 0.236. The van der Waals surface area contributed by atoms with E-state index in [-0.39, 0.29) is 11.6 Å². The molecule has 2 aromatic heterocycles. The monoisotopic (exact) mass is 319 g/mol. The van der Waals surface area contributed by atoms with Crippen LogP contribution in [0.5, 0.6) is 0 Å². The zero-order valence-corrected chi connectivity index (χ0v) is 12.0. The molecule has 0 aliphatic carbocycles. The Morgan fingerprint density at radius 3 is 2.95 bits per heavy atom. The first kappa shape index (κ1) is 13.6. The van der Waals surface area contributed by atoms with Crippen molar-refractivity contribution in [1.82, 2.24) is 20.3 Å². The van der Waals surface area contributed by atoms with E-state index >= 15 is 0 Å². The average Bonchev–Trinajstić information content (AvgIpc) is 3.10. The standard InChI is InChI=1S/C13H7Cl2N5O/c14-8-2-1-7(10(15)4-8)3-12-18-13(21-20-12)9-6-17-19-11(9)5-16/h1-2,4,6H,3H2,(H,17,19). The molecule has 21 heavy (non-hydrogen) atoms. The first-order valence-electron chi connectivity index (χ1n) is 5.87. The maximum Gasteiger partial charge on any atom is 0.262 e. The Balaban J connectivity index is 1.87. The molecule has 104 valence electrons. The summed E-state index contributed by atoms with van der Waals surface area (Å²) in [5.41, 5.74) is 1.58. The summed E-state index contributed by atoms with van der Waals surface area (Å²) >= 11 is 12.0. The van der Waals surface area contributed by atoms with Crippen LogP contribution in [0.4, 0.5) is 0 Å². The molecule has 6 nitrogen and oxygen atoms in total. The summed E-state index contributed by atoms with van der Waals surface area (Å²) < 4.78 is 5.15. The van der Waals surface area contributed by atoms with Gasteiger partial charge in [0.1, 0.15) is 11.8 Å². The average molecular weight is 320 g/mol. The van der Waals surface area contributed by atoms with Gasteiger partial charge in [-0.05, 0) is 17.7 Å². The van der Waals surface area contributed by atoms with Gasteiger partial charge < -0.3 is 4.52 Å². The Kier molecular flexibility index (Phi) is 3.60. The number of hydrogen-bond acceptors (Lipinski definition) is 5. The topological polar surface area (TPSA) is 91.4 Å². The molecule has 1 N–H and O–H groups in total. The largest absolute Gasteiger partial charge is 0.334 e. The molecular formula is C13H7Cl2N5O. The predicted octanol–water partition coefficient (Wildman–Crippen LogP) is 3.23. The molecule has 0 saturated heterocycles. The van der Waals surface area contributed by atoms with E-state index in [0.717, 1.165) is 5.56 Å². The highest BCUT2D eigenvalue weighted by Crippen LogP contribution is 2.24. The van der Waals surface area contributed by atoms with Crippen molar-refractivity contribution in [3.05, 3.63) is 51.5 Å². The van der Waals surface area contributed by atoms with Crippen LogP contribution in [0.2, 0.25) is 10.0 Å². The van der Waals surface area contributed by atoms with Gasteiger partial charge in [-0.1, -0.05) is 34.4 Å². The van der Waals surface area contributed by atoms with Gasteiger partial charge in [0.05, 0.1) is 11.8 Å². The Labute approximate surface area is 129 Å². The number of aromatic amines is 1. The summed E-state index contributed by atoms with van der Waals surface area (Å²) in [5.74, 6) is 0.694. The molecule has 0 spiro atoms. The van der Waals surface area contributed by atoms with E-state index in [9.17, 15) is 0 Å². The quantitative estimate of drug-likeness (QED) is 0.800. The van der Waals surface area contributed by atoms with E-state index in [1.54, 1.807) is 18.2 Å². The fourth-order valence-electron chi connectivity index (χ4n) is 1.80. The lowest BCUT2D eigenvalue weighted by atomic mass is 10.1. The van der Waals surface area contributed by atoms with E-state index in [0.29, 0.717) is 27.9 Å². The molecule has 8 heteroatoms. The third kappa shape index (κ3) is 2.75. The molecule has 0 aliphatic heterocycles. The Morgan fingerprint density at radius 2 is 2.19 bits per heavy atom. The summed E-state index contributed by atoms with van der Waals surface area (Å²) in [4.78, 5) is 4.24. The zero-order chi connectivity index (χ0) is 14.8. The van der Waals surface area contributed by atoms with E-state index in [2.05, 4.69) is 20.3 Å². The maximum absolute atomic E-state index is 8.93. The minimum Gasteiger partial charge on any atom is -0.334 e. The Hall–Kier alpha value is -2.36. The van der Waals surface area contributed by atoms with Crippen LogP contribution in [-0.4, -0.2) is 20.3 Å². The van der Waals surface area contributed by atoms with E-state index < -0.39 is 0 Å². The normalized spacial score (nSPS) is 10.5. The maximum atomic E-state index is 8.93. The number of benzene rings is 1. The van der Waals surface area contributed by atoms with Crippen molar-refractivity contribution in [3.63, 3.8) is 0 Å². The van der Waals surface area contributed by atoms with Crippen molar-refractivity contribution in [2.75, 3.05) is 0 Å². The van der Waals surface area contributed by atoms with Crippen molar-refractivity contribution in [1.29, 1.82) is 5.26 Å². The molecule has 0 aliphatic rings. The second-order valence-corrected chi connectivity index (χ2v) is 5.04. The molecule has 0 saturated carbocycles. The fraction of sp³-hybridized carbons (Fsp3) is 0.0769. The Bertz CT molecular complexity index is 833. The van der Waals surface area contributed by atoms with Crippen molar-refractivity contribution in [2.45, 2.75) is 6.42 Å². The van der Waals surface area contributed by atoms with Gasteiger partial charge in [-0.3, -0.25) is 5.10 Å². The number of H-pyrrole nitrogens is 1. The molecule has 1 aromatic carbocycles. The van der Waals surface area contributed by atoms with Gasteiger partial charge in [0.15, 0.2) is 5.82 Å². The van der Waals surface area contributed by atoms with Gasteiger partial charge in [0, 0.05) is 16.5 Å². The number of halogens is 2. The summed E-state index contributed by atoms with van der Waals surface area (Å²) in [6.07, 6.45) is 1.87. The first-order valence-corrected chi connectivity index (χ1v) is 6.63. The molecule has 0 radical (unpaired) electrons. The van der Waals surface area contributed by atoms with Gasteiger partial charge in [0.2, 0.25) is 0 Å². The first-order chi connectivity index (χ1) is 10.2. The smallest absolute Gasteiger partial charge is 0.262 e. The van der Waals surface area contributed by atoms with Crippen LogP contribution in [0.1, 0.15) is 17.1 Å². The third-order valence-electron chi connectivity index (χ3n) is 2.81. The molecule has 0 unspecified atom stereocenters. The third-order valence-corrected chi connectivity index (χ3v) is 3.40. The van der Waals surface area contributed by atoms with Gasteiger partial charge in [-0.15, -0.1) is 0 Å². The molecule has 0 atom stereocenters. The molecule has 2 heterocycles. The van der Waals surface area contributed by atoms with Crippen LogP contribution in [-0.2, 0) is 6.42 Å². The number of nitriles is 1. The highest BCUT2D eigenvalue weighted by molar-refractivity contribution is 6.35. The lowest BCUT2D eigenvalue weighted by molar-refractivity contribution is 0.424. The van der Waals surface area contributed by atoms with Crippen molar-refractivity contribution in [3.8, 4) is 17.5 Å². The second kappa shape index (κ2) is 5.56. The van der Waals surface area contributed by atoms with Gasteiger partial charge in [-0.25, -0.2) is 0 Å². The van der Waals surface area contributed by atoms with Gasteiger partial charge in [-0.2, -0.15) is 15.3 Å². The fourth-order valence-corrected chi connectivity index (χ4v) is 2.28. The highest BCUT2D eigenvalue weighted by atomic mass is 35.5. The molecule has 3 aromatic rings. The van der Waals surface area contributed by atoms with E-state index in [4.69, 9.17) is 33.0 Å². The minimum absolute atomic E-state index is 0.236. The summed E-state index contributed by atoms with van der Waals surface area (Å²) in [7, 11) is 0. The number of hydrogen-bond donors (Lipinski definition) is 1. The van der Waals surface area contributed by atoms with E-state index in [1.165, 1.54) is 6.20 Å². The molecule has 0 fully saturated rings. The lowest BCUT2D eigenvalue weighted by Crippen LogP contribution is -1.92. The van der Waals surface area contributed by atoms with Crippen molar-refractivity contribution < 1.29 is 4.52 Å². The Morgan fingerprint density at radius 1 is 1.33 bits per heavy atom. The predicted molar refractivity (Wildman–Crippen MR) is 75.9 cm³/mol. The SMILES string of the molecule is N#Cc1[nH]ncc1-c1nc(Cc2ccc(Cl)cc2Cl)no1. The van der Waals surface area contributed by atoms with Crippen molar-refractivity contribution >= 4 is 23.2 Å². The highest BCUT2D eigenvalue weighted by Gasteiger charge is 2.15. The number of rotatable bonds is 3. The van der Waals surface area contributed by atoms with Crippen molar-refractivity contribution in [2.24, 2.45) is 0 Å². The van der Waals surface area contributed by atoms with Crippen LogP contribution < -0.4 is 0 Å². The van der Waals surface area contributed by atoms with Gasteiger partial charge in [0.25, 0.3) is 5.89 Å². The van der Waals surface area contributed by atoms with Crippen LogP contribution in [0, 0.1) is 11.3 Å². The lowest BCUT2D eigenvalue weighted by Gasteiger charge is -2.00. The van der Waals surface area contributed by atoms with Crippen LogP contribution in [0.25, 0.3) is 11.5 Å². The number of nitrogens with one attached hydrogen (secondary N) is 1. The summed E-state index contributed by atoms with van der Waals surface area (Å²) in [6, 6.07) is 7.17. The molecule has 0 amide bonds. The summed E-state index contributed by atoms with van der Waals surface area (Å²) in [5, 5.41) is 20.2. The molecular weight excluding hydrogens is 313 g/mol. The van der Waals surface area contributed by atoms with Crippen LogP contribution in [0.3, 0.4) is 0 Å². The zero-order valence-electron chi connectivity index (χ0n) is 10.5. The van der Waals surface area contributed by atoms with Crippen LogP contribution >= 0.6 is 23.2 Å². The second-order valence-electron chi connectivity index (χ2n) is 4.20. The van der Waals surface area contributed by atoms with Gasteiger partial charge >= 0.3 is 0 Å². The molecule has 0 bridgehead atoms. The number of nitrogens with zero attached hydrogens (tertiary/aromatic N) is 4.